The quantitative estimate of drug-likeness (QED) is 0.388. The van der Waals surface area contributed by atoms with Crippen LogP contribution in [0.4, 0.5) is 0 Å². The van der Waals surface area contributed by atoms with Crippen LogP contribution in [-0.4, -0.2) is 53.4 Å². The van der Waals surface area contributed by atoms with Crippen molar-refractivity contribution in [3.8, 4) is 0 Å². The Kier molecular flexibility index (Phi) is 8.90. The van der Waals surface area contributed by atoms with Gasteiger partial charge in [-0.25, -0.2) is 0 Å². The van der Waals surface area contributed by atoms with Gasteiger partial charge in [0.05, 0.1) is 6.54 Å². The Morgan fingerprint density at radius 1 is 1.19 bits per heavy atom. The SMILES string of the molecule is CN=C(NCCn1cccn1)NC1CCN(Cc2ccccc2)CC1.I. The monoisotopic (exact) mass is 468 g/mol. The van der Waals surface area contributed by atoms with Gasteiger partial charge in [-0.3, -0.25) is 14.6 Å². The molecule has 0 radical (unpaired) electrons. The molecule has 1 aromatic carbocycles. The van der Waals surface area contributed by atoms with Crippen LogP contribution in [0.1, 0.15) is 18.4 Å². The van der Waals surface area contributed by atoms with Crippen molar-refractivity contribution < 1.29 is 0 Å². The number of hydrogen-bond donors (Lipinski definition) is 2. The van der Waals surface area contributed by atoms with E-state index in [0.29, 0.717) is 6.04 Å². The topological polar surface area (TPSA) is 57.5 Å². The molecule has 1 aliphatic rings. The molecule has 0 aliphatic carbocycles. The van der Waals surface area contributed by atoms with E-state index in [2.05, 4.69) is 56.0 Å². The first-order chi connectivity index (χ1) is 12.3. The zero-order valence-electron chi connectivity index (χ0n) is 15.3. The lowest BCUT2D eigenvalue weighted by Gasteiger charge is -2.33. The molecule has 2 aromatic rings. The van der Waals surface area contributed by atoms with Crippen molar-refractivity contribution in [2.45, 2.75) is 32.0 Å². The van der Waals surface area contributed by atoms with Gasteiger partial charge in [-0.1, -0.05) is 30.3 Å². The maximum absolute atomic E-state index is 4.34. The van der Waals surface area contributed by atoms with E-state index in [1.165, 1.54) is 5.56 Å². The van der Waals surface area contributed by atoms with E-state index < -0.39 is 0 Å². The number of hydrogen-bond acceptors (Lipinski definition) is 3. The summed E-state index contributed by atoms with van der Waals surface area (Å²) in [5, 5.41) is 11.1. The molecule has 3 rings (SSSR count). The van der Waals surface area contributed by atoms with Gasteiger partial charge in [0.1, 0.15) is 0 Å². The third-order valence-electron chi connectivity index (χ3n) is 4.59. The van der Waals surface area contributed by atoms with E-state index in [4.69, 9.17) is 0 Å². The normalized spacial score (nSPS) is 16.1. The third-order valence-corrected chi connectivity index (χ3v) is 4.59. The second-order valence-electron chi connectivity index (χ2n) is 6.45. The smallest absolute Gasteiger partial charge is 0.191 e. The number of halogens is 1. The molecule has 0 bridgehead atoms. The molecule has 1 aromatic heterocycles. The van der Waals surface area contributed by atoms with Crippen molar-refractivity contribution in [2.75, 3.05) is 26.7 Å². The van der Waals surface area contributed by atoms with Crippen molar-refractivity contribution >= 4 is 29.9 Å². The van der Waals surface area contributed by atoms with E-state index in [9.17, 15) is 0 Å². The Balaban J connectivity index is 0.00000243. The van der Waals surface area contributed by atoms with Crippen LogP contribution >= 0.6 is 24.0 Å². The molecule has 1 saturated heterocycles. The summed E-state index contributed by atoms with van der Waals surface area (Å²) in [6.07, 6.45) is 6.07. The van der Waals surface area contributed by atoms with Gasteiger partial charge in [-0.15, -0.1) is 24.0 Å². The van der Waals surface area contributed by atoms with Crippen molar-refractivity contribution in [3.63, 3.8) is 0 Å². The van der Waals surface area contributed by atoms with Crippen molar-refractivity contribution in [1.29, 1.82) is 0 Å². The minimum atomic E-state index is 0. The molecule has 0 amide bonds. The van der Waals surface area contributed by atoms with Crippen molar-refractivity contribution in [1.82, 2.24) is 25.3 Å². The van der Waals surface area contributed by atoms with Crippen LogP contribution in [0.25, 0.3) is 0 Å². The number of likely N-dealkylation sites (tertiary alicyclic amines) is 1. The van der Waals surface area contributed by atoms with Gasteiger partial charge in [0.25, 0.3) is 0 Å². The summed E-state index contributed by atoms with van der Waals surface area (Å²) < 4.78 is 1.92. The molecule has 0 saturated carbocycles. The van der Waals surface area contributed by atoms with Crippen LogP contribution in [0, 0.1) is 0 Å². The lowest BCUT2D eigenvalue weighted by atomic mass is 10.0. The maximum atomic E-state index is 4.34. The fourth-order valence-corrected chi connectivity index (χ4v) is 3.19. The van der Waals surface area contributed by atoms with E-state index in [-0.39, 0.29) is 24.0 Å². The lowest BCUT2D eigenvalue weighted by Crippen LogP contribution is -2.49. The number of benzene rings is 1. The Morgan fingerprint density at radius 3 is 2.62 bits per heavy atom. The van der Waals surface area contributed by atoms with Gasteiger partial charge < -0.3 is 10.6 Å². The maximum Gasteiger partial charge on any atom is 0.191 e. The van der Waals surface area contributed by atoms with Gasteiger partial charge in [0, 0.05) is 51.7 Å². The summed E-state index contributed by atoms with van der Waals surface area (Å²) in [5.74, 6) is 0.883. The number of aromatic nitrogens is 2. The average Bonchev–Trinajstić information content (AvgIpc) is 3.17. The zero-order chi connectivity index (χ0) is 17.3. The summed E-state index contributed by atoms with van der Waals surface area (Å²) in [5.41, 5.74) is 1.39. The summed E-state index contributed by atoms with van der Waals surface area (Å²) in [6, 6.07) is 13.1. The molecule has 0 atom stereocenters. The predicted octanol–water partition coefficient (Wildman–Crippen LogP) is 2.33. The number of aliphatic imine (C=N–C) groups is 1. The second-order valence-corrected chi connectivity index (χ2v) is 6.45. The molecule has 6 nitrogen and oxygen atoms in total. The van der Waals surface area contributed by atoms with Gasteiger partial charge in [-0.05, 0) is 24.5 Å². The van der Waals surface area contributed by atoms with Crippen LogP contribution < -0.4 is 10.6 Å². The molecule has 0 spiro atoms. The highest BCUT2D eigenvalue weighted by Gasteiger charge is 2.19. The zero-order valence-corrected chi connectivity index (χ0v) is 17.7. The van der Waals surface area contributed by atoms with Crippen molar-refractivity contribution in [2.24, 2.45) is 4.99 Å². The molecule has 1 aliphatic heterocycles. The Morgan fingerprint density at radius 2 is 1.96 bits per heavy atom. The highest BCUT2D eigenvalue weighted by atomic mass is 127. The minimum Gasteiger partial charge on any atom is -0.355 e. The Labute approximate surface area is 173 Å². The lowest BCUT2D eigenvalue weighted by molar-refractivity contribution is 0.198. The molecule has 26 heavy (non-hydrogen) atoms. The first-order valence-corrected chi connectivity index (χ1v) is 9.04. The molecular formula is C19H29IN6. The Bertz CT molecular complexity index is 635. The first-order valence-electron chi connectivity index (χ1n) is 9.04. The molecule has 2 N–H and O–H groups in total. The molecule has 7 heteroatoms. The van der Waals surface area contributed by atoms with Gasteiger partial charge in [-0.2, -0.15) is 5.10 Å². The second kappa shape index (κ2) is 11.2. The fourth-order valence-electron chi connectivity index (χ4n) is 3.19. The minimum absolute atomic E-state index is 0. The third kappa shape index (κ3) is 6.60. The number of nitrogens with one attached hydrogen (secondary N) is 2. The predicted molar refractivity (Wildman–Crippen MR) is 117 cm³/mol. The van der Waals surface area contributed by atoms with Crippen molar-refractivity contribution in [3.05, 3.63) is 54.4 Å². The molecule has 142 valence electrons. The van der Waals surface area contributed by atoms with Gasteiger partial charge >= 0.3 is 0 Å². The van der Waals surface area contributed by atoms with E-state index in [0.717, 1.165) is 51.5 Å². The van der Waals surface area contributed by atoms with Crippen LogP contribution in [0.3, 0.4) is 0 Å². The summed E-state index contributed by atoms with van der Waals surface area (Å²) in [7, 11) is 1.83. The van der Waals surface area contributed by atoms with E-state index >= 15 is 0 Å². The van der Waals surface area contributed by atoms with Gasteiger partial charge in [0.2, 0.25) is 0 Å². The number of nitrogens with zero attached hydrogens (tertiary/aromatic N) is 4. The van der Waals surface area contributed by atoms with Crippen LogP contribution in [-0.2, 0) is 13.1 Å². The summed E-state index contributed by atoms with van der Waals surface area (Å²) in [6.45, 7) is 4.94. The molecular weight excluding hydrogens is 439 g/mol. The van der Waals surface area contributed by atoms with Crippen LogP contribution in [0.15, 0.2) is 53.8 Å². The number of rotatable bonds is 6. The van der Waals surface area contributed by atoms with E-state index in [1.54, 1.807) is 6.20 Å². The highest BCUT2D eigenvalue weighted by Crippen LogP contribution is 2.13. The molecule has 0 unspecified atom stereocenters. The van der Waals surface area contributed by atoms with Crippen LogP contribution in [0.2, 0.25) is 0 Å². The number of guanidine groups is 1. The van der Waals surface area contributed by atoms with E-state index in [1.807, 2.05) is 24.0 Å². The summed E-state index contributed by atoms with van der Waals surface area (Å²) in [4.78, 5) is 6.87. The molecule has 1 fully saturated rings. The fraction of sp³-hybridized carbons (Fsp3) is 0.474. The average molecular weight is 468 g/mol. The largest absolute Gasteiger partial charge is 0.355 e. The Hall–Kier alpha value is -1.61. The highest BCUT2D eigenvalue weighted by molar-refractivity contribution is 14.0. The number of piperidine rings is 1. The molecule has 2 heterocycles. The standard InChI is InChI=1S/C19H28N6.HI/c1-20-19(21-11-15-25-12-5-10-22-25)23-18-8-13-24(14-9-18)16-17-6-3-2-4-7-17;/h2-7,10,12,18H,8-9,11,13-16H2,1H3,(H2,20,21,23);1H. The van der Waals surface area contributed by atoms with Crippen LogP contribution in [0.5, 0.6) is 0 Å². The summed E-state index contributed by atoms with van der Waals surface area (Å²) >= 11 is 0. The first kappa shape index (κ1) is 20.7. The van der Waals surface area contributed by atoms with Gasteiger partial charge in [0.15, 0.2) is 5.96 Å².